The van der Waals surface area contributed by atoms with Gasteiger partial charge in [-0.1, -0.05) is 6.07 Å². The van der Waals surface area contributed by atoms with Gasteiger partial charge in [-0.05, 0) is 43.2 Å². The topological polar surface area (TPSA) is 84.9 Å². The lowest BCUT2D eigenvalue weighted by atomic mass is 10.1. The van der Waals surface area contributed by atoms with E-state index in [9.17, 15) is 9.59 Å². The van der Waals surface area contributed by atoms with Crippen LogP contribution in [0.1, 0.15) is 33.5 Å². The molecule has 1 aromatic carbocycles. The highest BCUT2D eigenvalue weighted by atomic mass is 16.5. The van der Waals surface area contributed by atoms with Crippen molar-refractivity contribution in [1.29, 1.82) is 0 Å². The lowest BCUT2D eigenvalue weighted by molar-refractivity contribution is 0.0117. The SMILES string of the molecule is Cc1cc(C)c2oc(C(=O)NCC(c3ccco3)N3CCOCC3)cc(=O)c2c1. The maximum atomic E-state index is 12.8. The second-order valence-electron chi connectivity index (χ2n) is 7.32. The molecule has 0 saturated carbocycles. The van der Waals surface area contributed by atoms with Gasteiger partial charge in [0, 0.05) is 25.7 Å². The summed E-state index contributed by atoms with van der Waals surface area (Å²) in [7, 11) is 0. The fraction of sp³-hybridized carbons (Fsp3) is 0.364. The summed E-state index contributed by atoms with van der Waals surface area (Å²) >= 11 is 0. The summed E-state index contributed by atoms with van der Waals surface area (Å²) in [6.07, 6.45) is 1.62. The van der Waals surface area contributed by atoms with Crippen molar-refractivity contribution in [2.75, 3.05) is 32.8 Å². The molecule has 1 saturated heterocycles. The maximum absolute atomic E-state index is 12.8. The number of hydrogen-bond acceptors (Lipinski definition) is 6. The van der Waals surface area contributed by atoms with Crippen LogP contribution in [-0.4, -0.2) is 43.7 Å². The Balaban J connectivity index is 1.56. The van der Waals surface area contributed by atoms with Crippen LogP contribution in [0, 0.1) is 13.8 Å². The number of furan rings is 1. The van der Waals surface area contributed by atoms with Crippen molar-refractivity contribution in [2.45, 2.75) is 19.9 Å². The van der Waals surface area contributed by atoms with Crippen LogP contribution >= 0.6 is 0 Å². The lowest BCUT2D eigenvalue weighted by Gasteiger charge is -2.33. The molecule has 29 heavy (non-hydrogen) atoms. The molecule has 0 radical (unpaired) electrons. The monoisotopic (exact) mass is 396 g/mol. The Bertz CT molecular complexity index is 1060. The number of morpholine rings is 1. The van der Waals surface area contributed by atoms with Gasteiger partial charge in [0.2, 0.25) is 0 Å². The molecule has 1 N–H and O–H groups in total. The van der Waals surface area contributed by atoms with Crippen molar-refractivity contribution in [2.24, 2.45) is 0 Å². The second-order valence-corrected chi connectivity index (χ2v) is 7.32. The van der Waals surface area contributed by atoms with Crippen LogP contribution in [0.25, 0.3) is 11.0 Å². The summed E-state index contributed by atoms with van der Waals surface area (Å²) in [5, 5.41) is 3.38. The van der Waals surface area contributed by atoms with Gasteiger partial charge < -0.3 is 18.9 Å². The zero-order valence-electron chi connectivity index (χ0n) is 16.6. The van der Waals surface area contributed by atoms with Crippen molar-refractivity contribution in [1.82, 2.24) is 10.2 Å². The van der Waals surface area contributed by atoms with Crippen LogP contribution in [0.3, 0.4) is 0 Å². The predicted octanol–water partition coefficient (Wildman–Crippen LogP) is 2.81. The molecule has 7 heteroatoms. The van der Waals surface area contributed by atoms with E-state index in [-0.39, 0.29) is 17.2 Å². The van der Waals surface area contributed by atoms with Gasteiger partial charge in [-0.3, -0.25) is 14.5 Å². The summed E-state index contributed by atoms with van der Waals surface area (Å²) in [6, 6.07) is 8.58. The summed E-state index contributed by atoms with van der Waals surface area (Å²) < 4.78 is 16.8. The van der Waals surface area contributed by atoms with Crippen molar-refractivity contribution in [3.05, 3.63) is 69.5 Å². The molecule has 2 aromatic heterocycles. The quantitative estimate of drug-likeness (QED) is 0.714. The number of nitrogens with zero attached hydrogens (tertiary/aromatic N) is 1. The molecule has 1 fully saturated rings. The molecule has 0 spiro atoms. The van der Waals surface area contributed by atoms with Crippen LogP contribution in [0.4, 0.5) is 0 Å². The standard InChI is InChI=1S/C22H24N2O5/c1-14-10-15(2)21-16(11-14)18(25)12-20(29-21)22(26)23-13-17(19-4-3-7-28-19)24-5-8-27-9-6-24/h3-4,7,10-12,17H,5-6,8-9,13H2,1-2H3,(H,23,26). The Labute approximate surface area is 168 Å². The molecule has 1 aliphatic heterocycles. The number of ether oxygens (including phenoxy) is 1. The molecular weight excluding hydrogens is 372 g/mol. The number of carbonyl (C=O) groups is 1. The van der Waals surface area contributed by atoms with E-state index in [2.05, 4.69) is 10.2 Å². The van der Waals surface area contributed by atoms with Gasteiger partial charge in [0.1, 0.15) is 11.3 Å². The molecule has 0 bridgehead atoms. The van der Waals surface area contributed by atoms with E-state index in [0.29, 0.717) is 30.7 Å². The van der Waals surface area contributed by atoms with Gasteiger partial charge in [-0.15, -0.1) is 0 Å². The number of amides is 1. The van der Waals surface area contributed by atoms with E-state index >= 15 is 0 Å². The van der Waals surface area contributed by atoms with Gasteiger partial charge in [0.05, 0.1) is 30.9 Å². The Morgan fingerprint density at radius 2 is 2.00 bits per heavy atom. The first kappa shape index (κ1) is 19.4. The largest absolute Gasteiger partial charge is 0.468 e. The third-order valence-corrected chi connectivity index (χ3v) is 5.20. The highest BCUT2D eigenvalue weighted by molar-refractivity contribution is 5.93. The normalized spacial score (nSPS) is 16.1. The Morgan fingerprint density at radius 3 is 2.72 bits per heavy atom. The van der Waals surface area contributed by atoms with E-state index in [1.54, 1.807) is 12.3 Å². The number of nitrogens with one attached hydrogen (secondary N) is 1. The molecule has 1 aliphatic rings. The van der Waals surface area contributed by atoms with Gasteiger partial charge in [0.25, 0.3) is 5.91 Å². The zero-order chi connectivity index (χ0) is 20.4. The number of fused-ring (bicyclic) bond motifs is 1. The van der Waals surface area contributed by atoms with E-state index in [1.807, 2.05) is 32.0 Å². The first-order valence-electron chi connectivity index (χ1n) is 9.71. The number of aryl methyl sites for hydroxylation is 2. The average Bonchev–Trinajstić information content (AvgIpc) is 3.24. The molecule has 1 unspecified atom stereocenters. The minimum atomic E-state index is -0.422. The Kier molecular flexibility index (Phi) is 5.51. The van der Waals surface area contributed by atoms with Crippen LogP contribution in [0.5, 0.6) is 0 Å². The van der Waals surface area contributed by atoms with Crippen LogP contribution in [0.15, 0.2) is 50.2 Å². The van der Waals surface area contributed by atoms with Crippen molar-refractivity contribution < 1.29 is 18.4 Å². The maximum Gasteiger partial charge on any atom is 0.287 e. The minimum absolute atomic E-state index is 0.00891. The zero-order valence-corrected chi connectivity index (χ0v) is 16.6. The van der Waals surface area contributed by atoms with Crippen molar-refractivity contribution in [3.63, 3.8) is 0 Å². The molecule has 152 valence electrons. The summed E-state index contributed by atoms with van der Waals surface area (Å²) in [5.41, 5.74) is 2.03. The molecular formula is C22H24N2O5. The second kappa shape index (κ2) is 8.23. The van der Waals surface area contributed by atoms with Crippen LogP contribution in [-0.2, 0) is 4.74 Å². The fourth-order valence-electron chi connectivity index (χ4n) is 3.78. The van der Waals surface area contributed by atoms with Crippen LogP contribution < -0.4 is 10.7 Å². The van der Waals surface area contributed by atoms with E-state index in [1.165, 1.54) is 6.07 Å². The fourth-order valence-corrected chi connectivity index (χ4v) is 3.78. The third kappa shape index (κ3) is 4.11. The lowest BCUT2D eigenvalue weighted by Crippen LogP contribution is -2.43. The molecule has 3 aromatic rings. The number of benzene rings is 1. The molecule has 1 atom stereocenters. The van der Waals surface area contributed by atoms with Gasteiger partial charge in [-0.2, -0.15) is 0 Å². The van der Waals surface area contributed by atoms with Gasteiger partial charge in [-0.25, -0.2) is 0 Å². The first-order chi connectivity index (χ1) is 14.0. The number of carbonyl (C=O) groups excluding carboxylic acids is 1. The highest BCUT2D eigenvalue weighted by Gasteiger charge is 2.26. The number of rotatable bonds is 5. The first-order valence-corrected chi connectivity index (χ1v) is 9.71. The minimum Gasteiger partial charge on any atom is -0.468 e. The van der Waals surface area contributed by atoms with Crippen LogP contribution in [0.2, 0.25) is 0 Å². The highest BCUT2D eigenvalue weighted by Crippen LogP contribution is 2.22. The van der Waals surface area contributed by atoms with E-state index in [0.717, 1.165) is 30.0 Å². The third-order valence-electron chi connectivity index (χ3n) is 5.20. The predicted molar refractivity (Wildman–Crippen MR) is 108 cm³/mol. The Morgan fingerprint density at radius 1 is 1.21 bits per heavy atom. The summed E-state index contributed by atoms with van der Waals surface area (Å²) in [4.78, 5) is 27.5. The molecule has 4 rings (SSSR count). The molecule has 3 heterocycles. The van der Waals surface area contributed by atoms with E-state index < -0.39 is 5.91 Å². The van der Waals surface area contributed by atoms with Gasteiger partial charge >= 0.3 is 0 Å². The summed E-state index contributed by atoms with van der Waals surface area (Å²) in [5.74, 6) is 0.363. The van der Waals surface area contributed by atoms with E-state index in [4.69, 9.17) is 13.6 Å². The molecule has 7 nitrogen and oxygen atoms in total. The molecule has 1 amide bonds. The van der Waals surface area contributed by atoms with Gasteiger partial charge in [0.15, 0.2) is 11.2 Å². The number of hydrogen-bond donors (Lipinski definition) is 1. The Hall–Kier alpha value is -2.90. The summed E-state index contributed by atoms with van der Waals surface area (Å²) in [6.45, 7) is 6.92. The smallest absolute Gasteiger partial charge is 0.287 e. The molecule has 0 aliphatic carbocycles. The van der Waals surface area contributed by atoms with Crippen molar-refractivity contribution >= 4 is 16.9 Å². The van der Waals surface area contributed by atoms with Crippen molar-refractivity contribution in [3.8, 4) is 0 Å². The average molecular weight is 396 g/mol.